The van der Waals surface area contributed by atoms with Gasteiger partial charge in [-0.2, -0.15) is 0 Å². The Hall–Kier alpha value is -1.06. The van der Waals surface area contributed by atoms with E-state index in [1.807, 2.05) is 0 Å². The Morgan fingerprint density at radius 1 is 1.12 bits per heavy atom. The molecule has 0 aromatic heterocycles. The molecule has 1 saturated carbocycles. The molecule has 1 amide bonds. The molecule has 1 atom stereocenters. The van der Waals surface area contributed by atoms with Gasteiger partial charge in [0, 0.05) is 5.92 Å². The minimum Gasteiger partial charge on any atom is -0.467 e. The highest BCUT2D eigenvalue weighted by molar-refractivity contribution is 5.85. The second-order valence-electron chi connectivity index (χ2n) is 4.80. The van der Waals surface area contributed by atoms with E-state index in [4.69, 9.17) is 0 Å². The Morgan fingerprint density at radius 3 is 2.18 bits per heavy atom. The highest BCUT2D eigenvalue weighted by atomic mass is 16.5. The highest BCUT2D eigenvalue weighted by Gasteiger charge is 2.23. The Bertz CT molecular complexity index is 257. The third-order valence-corrected chi connectivity index (χ3v) is 3.39. The van der Waals surface area contributed by atoms with Crippen LogP contribution in [-0.4, -0.2) is 25.0 Å². The second kappa shape index (κ2) is 7.30. The van der Waals surface area contributed by atoms with Gasteiger partial charge in [-0.25, -0.2) is 4.79 Å². The van der Waals surface area contributed by atoms with Gasteiger partial charge in [0.2, 0.25) is 5.91 Å². The first-order valence-corrected chi connectivity index (χ1v) is 6.53. The lowest BCUT2D eigenvalue weighted by molar-refractivity contribution is -0.145. The van der Waals surface area contributed by atoms with Crippen molar-refractivity contribution in [2.45, 2.75) is 57.9 Å². The fourth-order valence-corrected chi connectivity index (χ4v) is 2.29. The van der Waals surface area contributed by atoms with Gasteiger partial charge in [-0.3, -0.25) is 4.79 Å². The number of methoxy groups -OCH3 is 1. The molecule has 17 heavy (non-hydrogen) atoms. The van der Waals surface area contributed by atoms with Crippen molar-refractivity contribution in [3.63, 3.8) is 0 Å². The van der Waals surface area contributed by atoms with Crippen molar-refractivity contribution in [1.29, 1.82) is 0 Å². The van der Waals surface area contributed by atoms with Gasteiger partial charge in [-0.15, -0.1) is 0 Å². The molecule has 1 N–H and O–H groups in total. The van der Waals surface area contributed by atoms with Crippen molar-refractivity contribution in [3.8, 4) is 0 Å². The summed E-state index contributed by atoms with van der Waals surface area (Å²) in [7, 11) is 1.33. The quantitative estimate of drug-likeness (QED) is 0.769. The third kappa shape index (κ3) is 4.75. The zero-order valence-corrected chi connectivity index (χ0v) is 10.8. The molecule has 1 rings (SSSR count). The molecule has 0 aromatic carbocycles. The molecule has 0 spiro atoms. The molecular weight excluding hydrogens is 218 g/mol. The van der Waals surface area contributed by atoms with Crippen LogP contribution in [0.3, 0.4) is 0 Å². The lowest BCUT2D eigenvalue weighted by Crippen LogP contribution is -2.42. The summed E-state index contributed by atoms with van der Waals surface area (Å²) in [4.78, 5) is 23.2. The van der Waals surface area contributed by atoms with E-state index in [-0.39, 0.29) is 17.8 Å². The highest BCUT2D eigenvalue weighted by Crippen LogP contribution is 2.22. The minimum absolute atomic E-state index is 0.00444. The Morgan fingerprint density at radius 2 is 1.65 bits per heavy atom. The van der Waals surface area contributed by atoms with Crippen LogP contribution < -0.4 is 5.32 Å². The summed E-state index contributed by atoms with van der Waals surface area (Å²) in [5.41, 5.74) is 0. The molecule has 0 aliphatic heterocycles. The largest absolute Gasteiger partial charge is 0.467 e. The maximum absolute atomic E-state index is 12.0. The second-order valence-corrected chi connectivity index (χ2v) is 4.80. The van der Waals surface area contributed by atoms with Gasteiger partial charge < -0.3 is 10.1 Å². The number of hydrogen-bond donors (Lipinski definition) is 1. The first kappa shape index (κ1) is 14.0. The summed E-state index contributed by atoms with van der Waals surface area (Å²) in [5, 5.41) is 2.73. The van der Waals surface area contributed by atoms with Gasteiger partial charge in [-0.05, 0) is 19.8 Å². The standard InChI is InChI=1S/C13H23NO3/c1-10(13(16)17-2)14-12(15)11-8-6-4-3-5-7-9-11/h10-11H,3-9H2,1-2H3,(H,14,15). The van der Waals surface area contributed by atoms with Crippen molar-refractivity contribution in [2.75, 3.05) is 7.11 Å². The Kier molecular flexibility index (Phi) is 6.01. The average molecular weight is 241 g/mol. The molecule has 4 heteroatoms. The maximum Gasteiger partial charge on any atom is 0.328 e. The van der Waals surface area contributed by atoms with Gasteiger partial charge in [0.25, 0.3) is 0 Å². The first-order chi connectivity index (χ1) is 8.15. The smallest absolute Gasteiger partial charge is 0.328 e. The number of esters is 1. The van der Waals surface area contributed by atoms with Crippen LogP contribution in [0.15, 0.2) is 0 Å². The zero-order chi connectivity index (χ0) is 12.7. The van der Waals surface area contributed by atoms with Gasteiger partial charge >= 0.3 is 5.97 Å². The first-order valence-electron chi connectivity index (χ1n) is 6.53. The summed E-state index contributed by atoms with van der Waals surface area (Å²) in [6, 6.07) is -0.544. The number of hydrogen-bond acceptors (Lipinski definition) is 3. The van der Waals surface area contributed by atoms with Gasteiger partial charge in [-0.1, -0.05) is 32.1 Å². The van der Waals surface area contributed by atoms with Crippen molar-refractivity contribution in [1.82, 2.24) is 5.32 Å². The van der Waals surface area contributed by atoms with Crippen molar-refractivity contribution >= 4 is 11.9 Å². The van der Waals surface area contributed by atoms with Crippen LogP contribution in [0.25, 0.3) is 0 Å². The van der Waals surface area contributed by atoms with Crippen LogP contribution in [0.2, 0.25) is 0 Å². The fourth-order valence-electron chi connectivity index (χ4n) is 2.29. The number of carbonyl (C=O) groups excluding carboxylic acids is 2. The number of nitrogens with one attached hydrogen (secondary N) is 1. The van der Waals surface area contributed by atoms with Gasteiger partial charge in [0.05, 0.1) is 7.11 Å². The van der Waals surface area contributed by atoms with Gasteiger partial charge in [0.1, 0.15) is 6.04 Å². The van der Waals surface area contributed by atoms with Crippen LogP contribution in [0, 0.1) is 5.92 Å². The Labute approximate surface area is 103 Å². The fraction of sp³-hybridized carbons (Fsp3) is 0.846. The van der Waals surface area contributed by atoms with Crippen molar-refractivity contribution < 1.29 is 14.3 Å². The average Bonchev–Trinajstić information content (AvgIpc) is 2.27. The maximum atomic E-state index is 12.0. The summed E-state index contributed by atoms with van der Waals surface area (Å²) in [6.07, 6.45) is 7.84. The molecule has 1 aliphatic rings. The molecule has 0 radical (unpaired) electrons. The SMILES string of the molecule is COC(=O)C(C)NC(=O)C1CCCCCCC1. The van der Waals surface area contributed by atoms with E-state index < -0.39 is 6.04 Å². The van der Waals surface area contributed by atoms with E-state index in [9.17, 15) is 9.59 Å². The van der Waals surface area contributed by atoms with Crippen molar-refractivity contribution in [3.05, 3.63) is 0 Å². The lowest BCUT2D eigenvalue weighted by Gasteiger charge is -2.20. The summed E-state index contributed by atoms with van der Waals surface area (Å²) in [6.45, 7) is 1.66. The molecule has 0 aromatic rings. The number of rotatable bonds is 3. The Balaban J connectivity index is 2.41. The predicted octanol–water partition coefficient (Wildman–Crippen LogP) is 2.02. The normalized spacial score (nSPS) is 19.9. The van der Waals surface area contributed by atoms with E-state index in [1.165, 1.54) is 26.4 Å². The topological polar surface area (TPSA) is 55.4 Å². The predicted molar refractivity (Wildman–Crippen MR) is 65.4 cm³/mol. The van der Waals surface area contributed by atoms with Crippen LogP contribution >= 0.6 is 0 Å². The third-order valence-electron chi connectivity index (χ3n) is 3.39. The number of ether oxygens (including phenoxy) is 1. The van der Waals surface area contributed by atoms with Crippen LogP contribution in [0.4, 0.5) is 0 Å². The van der Waals surface area contributed by atoms with E-state index in [0.717, 1.165) is 25.7 Å². The van der Waals surface area contributed by atoms with Crippen molar-refractivity contribution in [2.24, 2.45) is 5.92 Å². The monoisotopic (exact) mass is 241 g/mol. The number of amides is 1. The molecule has 0 saturated heterocycles. The van der Waals surface area contributed by atoms with E-state index in [0.29, 0.717) is 0 Å². The molecule has 1 fully saturated rings. The van der Waals surface area contributed by atoms with E-state index in [1.54, 1.807) is 6.92 Å². The molecule has 1 unspecified atom stereocenters. The van der Waals surface area contributed by atoms with E-state index in [2.05, 4.69) is 10.1 Å². The van der Waals surface area contributed by atoms with Crippen LogP contribution in [0.5, 0.6) is 0 Å². The molecule has 1 aliphatic carbocycles. The van der Waals surface area contributed by atoms with Crippen LogP contribution in [0.1, 0.15) is 51.9 Å². The summed E-state index contributed by atoms with van der Waals surface area (Å²) in [5.74, 6) is -0.309. The molecule has 0 heterocycles. The lowest BCUT2D eigenvalue weighted by atomic mass is 9.90. The molecule has 4 nitrogen and oxygen atoms in total. The van der Waals surface area contributed by atoms with E-state index >= 15 is 0 Å². The molecule has 98 valence electrons. The summed E-state index contributed by atoms with van der Waals surface area (Å²) < 4.78 is 4.59. The summed E-state index contributed by atoms with van der Waals surface area (Å²) >= 11 is 0. The van der Waals surface area contributed by atoms with Crippen LogP contribution in [-0.2, 0) is 14.3 Å². The van der Waals surface area contributed by atoms with Gasteiger partial charge in [0.15, 0.2) is 0 Å². The molecule has 0 bridgehead atoms. The number of carbonyl (C=O) groups is 2. The minimum atomic E-state index is -0.544. The molecular formula is C13H23NO3. The zero-order valence-electron chi connectivity index (χ0n) is 10.8.